The van der Waals surface area contributed by atoms with Crippen molar-refractivity contribution < 1.29 is 4.79 Å². The van der Waals surface area contributed by atoms with Gasteiger partial charge in [0.15, 0.2) is 0 Å². The number of aryl methyl sites for hydroxylation is 1. The average Bonchev–Trinajstić information content (AvgIpc) is 3.32. The Balaban J connectivity index is 1.54. The quantitative estimate of drug-likeness (QED) is 0.862. The first-order chi connectivity index (χ1) is 12.2. The highest BCUT2D eigenvalue weighted by atomic mass is 16.2. The second-order valence-electron chi connectivity index (χ2n) is 7.47. The van der Waals surface area contributed by atoms with Crippen molar-refractivity contribution >= 4 is 5.91 Å². The molecular weight excluding hydrogens is 314 g/mol. The molecule has 4 rings (SSSR count). The van der Waals surface area contributed by atoms with Crippen LogP contribution in [0.25, 0.3) is 0 Å². The van der Waals surface area contributed by atoms with E-state index in [0.717, 1.165) is 50.0 Å². The first-order valence-electron chi connectivity index (χ1n) is 9.54. The standard InChI is InChI=1S/C19H27N5O/c1-22-14-17(18(21-22)15-7-3-2-4-8-15)19(25)23-11-5-9-16(13-23)24-12-6-10-20-24/h6,10,12,14-16H,2-5,7-9,11,13H2,1H3/t16-/m0/s1. The van der Waals surface area contributed by atoms with Crippen LogP contribution in [0, 0.1) is 0 Å². The van der Waals surface area contributed by atoms with E-state index in [9.17, 15) is 4.79 Å². The Bertz CT molecular complexity index is 714. The molecule has 2 fully saturated rings. The first-order valence-corrected chi connectivity index (χ1v) is 9.54. The van der Waals surface area contributed by atoms with Gasteiger partial charge in [0.05, 0.1) is 17.3 Å². The van der Waals surface area contributed by atoms with Crippen molar-refractivity contribution in [2.45, 2.75) is 56.9 Å². The number of hydrogen-bond acceptors (Lipinski definition) is 3. The summed E-state index contributed by atoms with van der Waals surface area (Å²) in [6.45, 7) is 1.56. The summed E-state index contributed by atoms with van der Waals surface area (Å²) in [7, 11) is 1.92. The lowest BCUT2D eigenvalue weighted by Crippen LogP contribution is -2.41. The predicted octanol–water partition coefficient (Wildman–Crippen LogP) is 3.14. The maximum atomic E-state index is 13.2. The van der Waals surface area contributed by atoms with Gasteiger partial charge in [-0.2, -0.15) is 10.2 Å². The molecule has 1 atom stereocenters. The summed E-state index contributed by atoms with van der Waals surface area (Å²) in [6.07, 6.45) is 14.0. The molecule has 0 bridgehead atoms. The normalized spacial score (nSPS) is 22.3. The number of carbonyl (C=O) groups is 1. The lowest BCUT2D eigenvalue weighted by atomic mass is 9.85. The summed E-state index contributed by atoms with van der Waals surface area (Å²) in [6, 6.07) is 2.23. The molecule has 1 saturated carbocycles. The number of amides is 1. The third-order valence-electron chi connectivity index (χ3n) is 5.66. The van der Waals surface area contributed by atoms with Gasteiger partial charge in [0.25, 0.3) is 5.91 Å². The smallest absolute Gasteiger partial charge is 0.257 e. The van der Waals surface area contributed by atoms with Gasteiger partial charge in [-0.1, -0.05) is 19.3 Å². The Morgan fingerprint density at radius 2 is 2.00 bits per heavy atom. The van der Waals surface area contributed by atoms with Crippen LogP contribution in [0.3, 0.4) is 0 Å². The van der Waals surface area contributed by atoms with Gasteiger partial charge in [-0.25, -0.2) is 0 Å². The van der Waals surface area contributed by atoms with E-state index >= 15 is 0 Å². The molecule has 134 valence electrons. The number of piperidine rings is 1. The van der Waals surface area contributed by atoms with Crippen molar-refractivity contribution in [3.05, 3.63) is 35.9 Å². The van der Waals surface area contributed by atoms with Gasteiger partial charge >= 0.3 is 0 Å². The van der Waals surface area contributed by atoms with Gasteiger partial charge in [0.1, 0.15) is 0 Å². The van der Waals surface area contributed by atoms with Crippen molar-refractivity contribution in [2.75, 3.05) is 13.1 Å². The number of hydrogen-bond donors (Lipinski definition) is 0. The molecule has 25 heavy (non-hydrogen) atoms. The van der Waals surface area contributed by atoms with Crippen molar-refractivity contribution in [3.8, 4) is 0 Å². The zero-order chi connectivity index (χ0) is 17.2. The van der Waals surface area contributed by atoms with Gasteiger partial charge in [-0.05, 0) is 31.7 Å². The largest absolute Gasteiger partial charge is 0.336 e. The zero-order valence-electron chi connectivity index (χ0n) is 15.0. The molecule has 2 aromatic heterocycles. The minimum atomic E-state index is 0.144. The molecular formula is C19H27N5O. The van der Waals surface area contributed by atoms with Crippen molar-refractivity contribution in [1.29, 1.82) is 0 Å². The molecule has 0 spiro atoms. The third-order valence-corrected chi connectivity index (χ3v) is 5.66. The SMILES string of the molecule is Cn1cc(C(=O)N2CCC[C@H](n3cccn3)C2)c(C2CCCCC2)n1. The minimum absolute atomic E-state index is 0.144. The van der Waals surface area contributed by atoms with Crippen molar-refractivity contribution in [3.63, 3.8) is 0 Å². The Morgan fingerprint density at radius 1 is 1.16 bits per heavy atom. The Hall–Kier alpha value is -2.11. The van der Waals surface area contributed by atoms with Gasteiger partial charge in [0, 0.05) is 44.6 Å². The maximum Gasteiger partial charge on any atom is 0.257 e. The number of likely N-dealkylation sites (tertiary alicyclic amines) is 1. The van der Waals surface area contributed by atoms with Crippen LogP contribution in [-0.2, 0) is 7.05 Å². The summed E-state index contributed by atoms with van der Waals surface area (Å²) in [5.74, 6) is 0.589. The Labute approximate surface area is 148 Å². The Kier molecular flexibility index (Phi) is 4.59. The van der Waals surface area contributed by atoms with Crippen LogP contribution < -0.4 is 0 Å². The second-order valence-corrected chi connectivity index (χ2v) is 7.47. The lowest BCUT2D eigenvalue weighted by Gasteiger charge is -2.33. The molecule has 3 heterocycles. The highest BCUT2D eigenvalue weighted by Crippen LogP contribution is 2.34. The summed E-state index contributed by atoms with van der Waals surface area (Å²) < 4.78 is 3.80. The van der Waals surface area contributed by atoms with Crippen LogP contribution >= 0.6 is 0 Å². The minimum Gasteiger partial charge on any atom is -0.336 e. The monoisotopic (exact) mass is 341 g/mol. The highest BCUT2D eigenvalue weighted by molar-refractivity contribution is 5.95. The number of rotatable bonds is 3. The van der Waals surface area contributed by atoms with E-state index in [0.29, 0.717) is 5.92 Å². The van der Waals surface area contributed by atoms with E-state index in [-0.39, 0.29) is 11.9 Å². The summed E-state index contributed by atoms with van der Waals surface area (Å²) in [5.41, 5.74) is 1.84. The average molecular weight is 341 g/mol. The summed E-state index contributed by atoms with van der Waals surface area (Å²) in [4.78, 5) is 15.2. The number of aromatic nitrogens is 4. The fraction of sp³-hybridized carbons (Fsp3) is 0.632. The van der Waals surface area contributed by atoms with E-state index in [1.807, 2.05) is 46.0 Å². The van der Waals surface area contributed by atoms with Crippen LogP contribution in [0.15, 0.2) is 24.7 Å². The fourth-order valence-electron chi connectivity index (χ4n) is 4.37. The van der Waals surface area contributed by atoms with Crippen LogP contribution in [0.2, 0.25) is 0 Å². The molecule has 1 aliphatic carbocycles. The molecule has 0 unspecified atom stereocenters. The van der Waals surface area contributed by atoms with E-state index in [1.54, 1.807) is 0 Å². The van der Waals surface area contributed by atoms with Gasteiger partial charge in [-0.3, -0.25) is 14.2 Å². The maximum absolute atomic E-state index is 13.2. The molecule has 2 aromatic rings. The predicted molar refractivity (Wildman–Crippen MR) is 95.4 cm³/mol. The van der Waals surface area contributed by atoms with E-state index in [4.69, 9.17) is 0 Å². The summed E-state index contributed by atoms with van der Waals surface area (Å²) in [5, 5.41) is 9.03. The number of nitrogens with zero attached hydrogens (tertiary/aromatic N) is 5. The van der Waals surface area contributed by atoms with E-state index in [1.165, 1.54) is 19.3 Å². The Morgan fingerprint density at radius 3 is 2.76 bits per heavy atom. The van der Waals surface area contributed by atoms with Crippen LogP contribution in [0.5, 0.6) is 0 Å². The lowest BCUT2D eigenvalue weighted by molar-refractivity contribution is 0.0671. The topological polar surface area (TPSA) is 56.0 Å². The first kappa shape index (κ1) is 16.4. The zero-order valence-corrected chi connectivity index (χ0v) is 15.0. The van der Waals surface area contributed by atoms with Crippen LogP contribution in [0.4, 0.5) is 0 Å². The van der Waals surface area contributed by atoms with E-state index in [2.05, 4.69) is 10.2 Å². The van der Waals surface area contributed by atoms with Crippen molar-refractivity contribution in [1.82, 2.24) is 24.5 Å². The molecule has 0 N–H and O–H groups in total. The van der Waals surface area contributed by atoms with E-state index < -0.39 is 0 Å². The molecule has 0 radical (unpaired) electrons. The molecule has 6 heteroatoms. The second kappa shape index (κ2) is 7.02. The van der Waals surface area contributed by atoms with Gasteiger partial charge in [-0.15, -0.1) is 0 Å². The van der Waals surface area contributed by atoms with Gasteiger partial charge < -0.3 is 4.90 Å². The molecule has 2 aliphatic rings. The summed E-state index contributed by atoms with van der Waals surface area (Å²) >= 11 is 0. The van der Waals surface area contributed by atoms with Crippen molar-refractivity contribution in [2.24, 2.45) is 7.05 Å². The van der Waals surface area contributed by atoms with Gasteiger partial charge in [0.2, 0.25) is 0 Å². The van der Waals surface area contributed by atoms with Crippen LogP contribution in [0.1, 0.15) is 73.0 Å². The molecule has 1 amide bonds. The highest BCUT2D eigenvalue weighted by Gasteiger charge is 2.30. The number of carbonyl (C=O) groups excluding carboxylic acids is 1. The fourth-order valence-corrected chi connectivity index (χ4v) is 4.37. The third kappa shape index (κ3) is 3.34. The molecule has 1 saturated heterocycles. The molecule has 0 aromatic carbocycles. The molecule has 6 nitrogen and oxygen atoms in total. The molecule has 1 aliphatic heterocycles. The van der Waals surface area contributed by atoms with Crippen LogP contribution in [-0.4, -0.2) is 43.5 Å².